The molecular weight excluding hydrogens is 294 g/mol. The lowest BCUT2D eigenvalue weighted by molar-refractivity contribution is 1.04. The highest BCUT2D eigenvalue weighted by Crippen LogP contribution is 2.24. The molecule has 0 amide bonds. The second kappa shape index (κ2) is 7.09. The van der Waals surface area contributed by atoms with Crippen LogP contribution >= 0.6 is 0 Å². The van der Waals surface area contributed by atoms with E-state index in [1.54, 1.807) is 0 Å². The van der Waals surface area contributed by atoms with Crippen LogP contribution in [0.5, 0.6) is 0 Å². The largest absolute Gasteiger partial charge is 0.279 e. The van der Waals surface area contributed by atoms with Gasteiger partial charge in [-0.25, -0.2) is 0 Å². The third-order valence-corrected chi connectivity index (χ3v) is 4.11. The second-order valence-corrected chi connectivity index (χ2v) is 5.98. The number of anilines is 3. The van der Waals surface area contributed by atoms with Gasteiger partial charge in [0.15, 0.2) is 0 Å². The smallest absolute Gasteiger partial charge is 0.0840 e. The van der Waals surface area contributed by atoms with Crippen LogP contribution in [0.15, 0.2) is 72.8 Å². The van der Waals surface area contributed by atoms with Crippen LogP contribution in [-0.2, 0) is 0 Å². The fourth-order valence-electron chi connectivity index (χ4n) is 2.60. The van der Waals surface area contributed by atoms with Gasteiger partial charge in [-0.2, -0.15) is 5.12 Å². The minimum atomic E-state index is 1.07. The number of benzene rings is 3. The molecule has 3 nitrogen and oxygen atoms in total. The first-order chi connectivity index (χ1) is 11.6. The topological polar surface area (TPSA) is 27.3 Å². The third-order valence-electron chi connectivity index (χ3n) is 4.11. The van der Waals surface area contributed by atoms with Gasteiger partial charge in [0.2, 0.25) is 0 Å². The van der Waals surface area contributed by atoms with Gasteiger partial charge in [0, 0.05) is 0 Å². The molecule has 0 heterocycles. The molecule has 0 saturated carbocycles. The van der Waals surface area contributed by atoms with Gasteiger partial charge in [-0.1, -0.05) is 54.6 Å². The first kappa shape index (κ1) is 15.9. The molecule has 3 aromatic carbocycles. The van der Waals surface area contributed by atoms with Crippen LogP contribution in [0.1, 0.15) is 16.7 Å². The van der Waals surface area contributed by atoms with Crippen molar-refractivity contribution < 1.29 is 0 Å². The van der Waals surface area contributed by atoms with E-state index in [1.807, 2.05) is 35.4 Å². The van der Waals surface area contributed by atoms with E-state index < -0.39 is 0 Å². The van der Waals surface area contributed by atoms with Crippen molar-refractivity contribution in [2.24, 2.45) is 0 Å². The van der Waals surface area contributed by atoms with E-state index in [0.29, 0.717) is 0 Å². The predicted octanol–water partition coefficient (Wildman–Crippen LogP) is 5.47. The van der Waals surface area contributed by atoms with Crippen molar-refractivity contribution in [2.45, 2.75) is 20.8 Å². The molecule has 2 N–H and O–H groups in total. The molecule has 0 saturated heterocycles. The number of para-hydroxylation sites is 3. The summed E-state index contributed by atoms with van der Waals surface area (Å²) in [5.74, 6) is 0. The van der Waals surface area contributed by atoms with Crippen molar-refractivity contribution in [3.05, 3.63) is 89.5 Å². The number of rotatable bonds is 5. The zero-order valence-electron chi connectivity index (χ0n) is 14.4. The number of nitrogens with one attached hydrogen (secondary N) is 2. The number of hydrogen-bond acceptors (Lipinski definition) is 3. The summed E-state index contributed by atoms with van der Waals surface area (Å²) in [7, 11) is 0. The Balaban J connectivity index is 1.97. The van der Waals surface area contributed by atoms with Crippen LogP contribution in [-0.4, -0.2) is 0 Å². The number of nitrogens with zero attached hydrogens (tertiary/aromatic N) is 1. The van der Waals surface area contributed by atoms with Gasteiger partial charge in [0.1, 0.15) is 0 Å². The fraction of sp³-hybridized carbons (Fsp3) is 0.143. The molecule has 0 fully saturated rings. The first-order valence-corrected chi connectivity index (χ1v) is 8.15. The fourth-order valence-corrected chi connectivity index (χ4v) is 2.60. The number of hydrogen-bond donors (Lipinski definition) is 2. The zero-order valence-corrected chi connectivity index (χ0v) is 14.4. The molecule has 0 aliphatic rings. The van der Waals surface area contributed by atoms with E-state index in [-0.39, 0.29) is 0 Å². The maximum Gasteiger partial charge on any atom is 0.0840 e. The third kappa shape index (κ3) is 3.51. The van der Waals surface area contributed by atoms with Crippen molar-refractivity contribution >= 4 is 17.1 Å². The Kier molecular flexibility index (Phi) is 4.71. The highest BCUT2D eigenvalue weighted by atomic mass is 15.7. The minimum Gasteiger partial charge on any atom is -0.279 e. The number of hydrazine groups is 2. The molecule has 0 aliphatic heterocycles. The second-order valence-electron chi connectivity index (χ2n) is 5.98. The summed E-state index contributed by atoms with van der Waals surface area (Å²) in [5, 5.41) is 1.99. The van der Waals surface area contributed by atoms with E-state index in [0.717, 1.165) is 17.1 Å². The Morgan fingerprint density at radius 2 is 0.958 bits per heavy atom. The number of aryl methyl sites for hydroxylation is 3. The molecule has 0 spiro atoms. The van der Waals surface area contributed by atoms with Crippen molar-refractivity contribution in [3.8, 4) is 0 Å². The van der Waals surface area contributed by atoms with Gasteiger partial charge in [0.05, 0.1) is 17.1 Å². The standard InChI is InChI=1S/C21H23N3/c1-16-10-4-7-13-19(16)22-24(21-15-9-6-12-18(21)3)23-20-14-8-5-11-17(20)2/h4-15,22-23H,1-3H3. The zero-order chi connectivity index (χ0) is 16.9. The predicted molar refractivity (Wildman–Crippen MR) is 103 cm³/mol. The van der Waals surface area contributed by atoms with Crippen LogP contribution in [0.4, 0.5) is 17.1 Å². The highest BCUT2D eigenvalue weighted by Gasteiger charge is 2.11. The highest BCUT2D eigenvalue weighted by molar-refractivity contribution is 5.66. The minimum absolute atomic E-state index is 1.07. The molecule has 122 valence electrons. The molecule has 3 rings (SSSR count). The molecule has 24 heavy (non-hydrogen) atoms. The normalized spacial score (nSPS) is 10.3. The van der Waals surface area contributed by atoms with Crippen molar-refractivity contribution in [1.82, 2.24) is 0 Å². The maximum atomic E-state index is 3.50. The van der Waals surface area contributed by atoms with E-state index in [9.17, 15) is 0 Å². The van der Waals surface area contributed by atoms with E-state index in [2.05, 4.69) is 74.1 Å². The lowest BCUT2D eigenvalue weighted by Crippen LogP contribution is -2.36. The summed E-state index contributed by atoms with van der Waals surface area (Å²) in [5.41, 5.74) is 13.8. The summed E-state index contributed by atoms with van der Waals surface area (Å²) in [6.45, 7) is 6.32. The van der Waals surface area contributed by atoms with Crippen LogP contribution in [0.3, 0.4) is 0 Å². The Hall–Kier alpha value is -2.94. The molecule has 3 aromatic rings. The quantitative estimate of drug-likeness (QED) is 0.611. The van der Waals surface area contributed by atoms with E-state index in [1.165, 1.54) is 16.7 Å². The molecular formula is C21H23N3. The van der Waals surface area contributed by atoms with Crippen LogP contribution in [0.25, 0.3) is 0 Å². The van der Waals surface area contributed by atoms with Gasteiger partial charge in [0.25, 0.3) is 0 Å². The van der Waals surface area contributed by atoms with Gasteiger partial charge >= 0.3 is 0 Å². The molecule has 3 heteroatoms. The first-order valence-electron chi connectivity index (χ1n) is 8.15. The summed E-state index contributed by atoms with van der Waals surface area (Å²) in [4.78, 5) is 0. The summed E-state index contributed by atoms with van der Waals surface area (Å²) in [6.07, 6.45) is 0. The summed E-state index contributed by atoms with van der Waals surface area (Å²) in [6, 6.07) is 24.9. The SMILES string of the molecule is Cc1ccccc1NN(Nc1ccccc1C)c1ccccc1C. The molecule has 0 bridgehead atoms. The van der Waals surface area contributed by atoms with Crippen LogP contribution in [0, 0.1) is 20.8 Å². The molecule has 0 radical (unpaired) electrons. The Bertz CT molecular complexity index is 779. The van der Waals surface area contributed by atoms with Crippen LogP contribution < -0.4 is 16.0 Å². The molecule has 0 aromatic heterocycles. The van der Waals surface area contributed by atoms with Crippen LogP contribution in [0.2, 0.25) is 0 Å². The van der Waals surface area contributed by atoms with Gasteiger partial charge in [-0.05, 0) is 55.7 Å². The average molecular weight is 317 g/mol. The van der Waals surface area contributed by atoms with E-state index >= 15 is 0 Å². The Morgan fingerprint density at radius 3 is 1.42 bits per heavy atom. The monoisotopic (exact) mass is 317 g/mol. The van der Waals surface area contributed by atoms with Crippen molar-refractivity contribution in [2.75, 3.05) is 16.0 Å². The van der Waals surface area contributed by atoms with Gasteiger partial charge in [-0.3, -0.25) is 10.9 Å². The average Bonchev–Trinajstić information content (AvgIpc) is 2.58. The summed E-state index contributed by atoms with van der Waals surface area (Å²) < 4.78 is 0. The van der Waals surface area contributed by atoms with Gasteiger partial charge in [-0.15, -0.1) is 0 Å². The lowest BCUT2D eigenvalue weighted by atomic mass is 10.2. The Morgan fingerprint density at radius 1 is 0.542 bits per heavy atom. The Labute approximate surface area is 143 Å². The van der Waals surface area contributed by atoms with Crippen molar-refractivity contribution in [1.29, 1.82) is 0 Å². The molecule has 0 atom stereocenters. The summed E-state index contributed by atoms with van der Waals surface area (Å²) >= 11 is 0. The van der Waals surface area contributed by atoms with E-state index in [4.69, 9.17) is 0 Å². The lowest BCUT2D eigenvalue weighted by Gasteiger charge is -2.30. The maximum absolute atomic E-state index is 3.50. The van der Waals surface area contributed by atoms with Crippen molar-refractivity contribution in [3.63, 3.8) is 0 Å². The van der Waals surface area contributed by atoms with Gasteiger partial charge < -0.3 is 0 Å². The molecule has 0 unspecified atom stereocenters. The molecule has 0 aliphatic carbocycles.